The summed E-state index contributed by atoms with van der Waals surface area (Å²) < 4.78 is 0. The maximum Gasteiger partial charge on any atom is 0.0264 e. The van der Waals surface area contributed by atoms with Crippen molar-refractivity contribution in [3.63, 3.8) is 0 Å². The second-order valence-corrected chi connectivity index (χ2v) is 4.39. The van der Waals surface area contributed by atoms with Crippen molar-refractivity contribution >= 4 is 0 Å². The van der Waals surface area contributed by atoms with Gasteiger partial charge in [0.05, 0.1) is 0 Å². The first-order valence-corrected chi connectivity index (χ1v) is 5.28. The molecule has 0 amide bonds. The summed E-state index contributed by atoms with van der Waals surface area (Å²) in [4.78, 5) is 2.67. The number of nitrogens with one attached hydrogen (secondary N) is 1. The molecular weight excluding hydrogens is 148 g/mol. The van der Waals surface area contributed by atoms with Gasteiger partial charge in [0.1, 0.15) is 0 Å². The van der Waals surface area contributed by atoms with Crippen LogP contribution in [0.2, 0.25) is 0 Å². The van der Waals surface area contributed by atoms with E-state index in [1.807, 2.05) is 0 Å². The molecule has 2 aliphatic heterocycles. The molecule has 0 unspecified atom stereocenters. The van der Waals surface area contributed by atoms with Crippen molar-refractivity contribution in [1.29, 1.82) is 0 Å². The monoisotopic (exact) mass is 168 g/mol. The first-order valence-electron chi connectivity index (χ1n) is 5.28. The van der Waals surface area contributed by atoms with E-state index in [-0.39, 0.29) is 0 Å². The lowest BCUT2D eigenvalue weighted by Gasteiger charge is -2.40. The van der Waals surface area contributed by atoms with Gasteiger partial charge in [0.2, 0.25) is 0 Å². The topological polar surface area (TPSA) is 15.3 Å². The van der Waals surface area contributed by atoms with Crippen LogP contribution in [-0.2, 0) is 0 Å². The predicted octanol–water partition coefficient (Wildman–Crippen LogP) is 1.22. The summed E-state index contributed by atoms with van der Waals surface area (Å²) in [6, 6.07) is 2.39. The van der Waals surface area contributed by atoms with E-state index in [4.69, 9.17) is 0 Å². The minimum absolute atomic E-state index is 0.734. The summed E-state index contributed by atoms with van der Waals surface area (Å²) in [5, 5.41) is 3.60. The van der Waals surface area contributed by atoms with Crippen LogP contribution in [0.5, 0.6) is 0 Å². The number of fused-ring (bicyclic) bond motifs is 1. The van der Waals surface area contributed by atoms with E-state index in [9.17, 15) is 0 Å². The van der Waals surface area contributed by atoms with Crippen molar-refractivity contribution in [2.24, 2.45) is 0 Å². The van der Waals surface area contributed by atoms with Gasteiger partial charge in [0.25, 0.3) is 0 Å². The second kappa shape index (κ2) is 3.35. The van der Waals surface area contributed by atoms with Crippen LogP contribution in [0, 0.1) is 0 Å². The van der Waals surface area contributed by atoms with Gasteiger partial charge in [-0.2, -0.15) is 0 Å². The molecule has 0 aliphatic carbocycles. The Morgan fingerprint density at radius 1 is 1.33 bits per heavy atom. The Labute approximate surface area is 75.3 Å². The van der Waals surface area contributed by atoms with Gasteiger partial charge in [0, 0.05) is 18.1 Å². The van der Waals surface area contributed by atoms with Crippen molar-refractivity contribution in [2.45, 2.75) is 51.2 Å². The van der Waals surface area contributed by atoms with E-state index >= 15 is 0 Å². The highest BCUT2D eigenvalue weighted by atomic mass is 15.2. The molecule has 2 heterocycles. The number of rotatable bonds is 1. The highest BCUT2D eigenvalue weighted by Crippen LogP contribution is 2.25. The summed E-state index contributed by atoms with van der Waals surface area (Å²) in [6.07, 6.45) is 4.14. The molecule has 70 valence electrons. The van der Waals surface area contributed by atoms with Crippen molar-refractivity contribution in [2.75, 3.05) is 13.1 Å². The van der Waals surface area contributed by atoms with E-state index in [2.05, 4.69) is 24.1 Å². The molecule has 2 fully saturated rings. The summed E-state index contributed by atoms with van der Waals surface area (Å²) in [5.41, 5.74) is 0. The van der Waals surface area contributed by atoms with Crippen molar-refractivity contribution in [3.8, 4) is 0 Å². The van der Waals surface area contributed by atoms with Crippen LogP contribution < -0.4 is 5.32 Å². The van der Waals surface area contributed by atoms with Crippen LogP contribution >= 0.6 is 0 Å². The van der Waals surface area contributed by atoms with E-state index < -0.39 is 0 Å². The Morgan fingerprint density at radius 3 is 2.92 bits per heavy atom. The van der Waals surface area contributed by atoms with Gasteiger partial charge in [0.15, 0.2) is 0 Å². The van der Waals surface area contributed by atoms with Gasteiger partial charge in [-0.15, -0.1) is 0 Å². The molecule has 2 atom stereocenters. The molecule has 0 bridgehead atoms. The Balaban J connectivity index is 2.03. The smallest absolute Gasteiger partial charge is 0.0264 e. The average Bonchev–Trinajstić information content (AvgIpc) is 2.49. The van der Waals surface area contributed by atoms with Gasteiger partial charge >= 0.3 is 0 Å². The Kier molecular flexibility index (Phi) is 2.37. The molecule has 12 heavy (non-hydrogen) atoms. The molecule has 0 spiro atoms. The van der Waals surface area contributed by atoms with E-state index in [0.29, 0.717) is 0 Å². The molecule has 0 aromatic heterocycles. The van der Waals surface area contributed by atoms with Crippen LogP contribution in [0.15, 0.2) is 0 Å². The standard InChI is InChI=1S/C10H20N2/c1-8(2)12-7-3-4-9-10(12)5-6-11-9/h8-11H,3-7H2,1-2H3/t9-,10-/m0/s1. The molecule has 0 saturated carbocycles. The molecule has 2 aliphatic rings. The third kappa shape index (κ3) is 1.38. The van der Waals surface area contributed by atoms with E-state index in [1.54, 1.807) is 0 Å². The summed E-state index contributed by atoms with van der Waals surface area (Å²) in [5.74, 6) is 0. The SMILES string of the molecule is CC(C)N1CCC[C@@H]2NCC[C@@H]21. The van der Waals surface area contributed by atoms with Crippen LogP contribution in [-0.4, -0.2) is 36.1 Å². The molecule has 2 rings (SSSR count). The van der Waals surface area contributed by atoms with Gasteiger partial charge in [-0.3, -0.25) is 4.90 Å². The molecule has 0 aromatic carbocycles. The molecule has 0 aromatic rings. The Hall–Kier alpha value is -0.0800. The third-order valence-corrected chi connectivity index (χ3v) is 3.33. The van der Waals surface area contributed by atoms with E-state index in [1.165, 1.54) is 32.4 Å². The predicted molar refractivity (Wildman–Crippen MR) is 51.3 cm³/mol. The van der Waals surface area contributed by atoms with Crippen LogP contribution in [0.3, 0.4) is 0 Å². The molecule has 0 radical (unpaired) electrons. The third-order valence-electron chi connectivity index (χ3n) is 3.33. The Bertz CT molecular complexity index is 156. The van der Waals surface area contributed by atoms with Crippen molar-refractivity contribution in [1.82, 2.24) is 10.2 Å². The summed E-state index contributed by atoms with van der Waals surface area (Å²) in [7, 11) is 0. The maximum atomic E-state index is 3.60. The number of piperidine rings is 1. The number of nitrogens with zero attached hydrogens (tertiary/aromatic N) is 1. The Morgan fingerprint density at radius 2 is 2.17 bits per heavy atom. The highest BCUT2D eigenvalue weighted by molar-refractivity contribution is 4.95. The minimum Gasteiger partial charge on any atom is -0.312 e. The number of hydrogen-bond donors (Lipinski definition) is 1. The van der Waals surface area contributed by atoms with Crippen molar-refractivity contribution < 1.29 is 0 Å². The second-order valence-electron chi connectivity index (χ2n) is 4.39. The van der Waals surface area contributed by atoms with Crippen LogP contribution in [0.4, 0.5) is 0 Å². The lowest BCUT2D eigenvalue weighted by molar-refractivity contribution is 0.104. The van der Waals surface area contributed by atoms with Crippen LogP contribution in [0.1, 0.15) is 33.1 Å². The fourth-order valence-corrected chi connectivity index (χ4v) is 2.75. The van der Waals surface area contributed by atoms with Gasteiger partial charge < -0.3 is 5.32 Å². The number of hydrogen-bond acceptors (Lipinski definition) is 2. The zero-order chi connectivity index (χ0) is 8.55. The summed E-state index contributed by atoms with van der Waals surface area (Å²) >= 11 is 0. The maximum absolute atomic E-state index is 3.60. The molecule has 2 nitrogen and oxygen atoms in total. The van der Waals surface area contributed by atoms with Gasteiger partial charge in [-0.1, -0.05) is 0 Å². The van der Waals surface area contributed by atoms with Gasteiger partial charge in [-0.05, 0) is 46.2 Å². The van der Waals surface area contributed by atoms with Gasteiger partial charge in [-0.25, -0.2) is 0 Å². The fourth-order valence-electron chi connectivity index (χ4n) is 2.75. The minimum atomic E-state index is 0.734. The molecule has 1 N–H and O–H groups in total. The van der Waals surface area contributed by atoms with Crippen LogP contribution in [0.25, 0.3) is 0 Å². The number of likely N-dealkylation sites (tertiary alicyclic amines) is 1. The zero-order valence-electron chi connectivity index (χ0n) is 8.21. The largest absolute Gasteiger partial charge is 0.312 e. The quantitative estimate of drug-likeness (QED) is 0.633. The van der Waals surface area contributed by atoms with Crippen molar-refractivity contribution in [3.05, 3.63) is 0 Å². The molecule has 2 heteroatoms. The first kappa shape index (κ1) is 8.52. The lowest BCUT2D eigenvalue weighted by Crippen LogP contribution is -2.51. The highest BCUT2D eigenvalue weighted by Gasteiger charge is 2.35. The normalized spacial score (nSPS) is 37.2. The zero-order valence-corrected chi connectivity index (χ0v) is 8.21. The molecular formula is C10H20N2. The average molecular weight is 168 g/mol. The van der Waals surface area contributed by atoms with E-state index in [0.717, 1.165) is 18.1 Å². The summed E-state index contributed by atoms with van der Waals surface area (Å²) in [6.45, 7) is 7.19. The first-order chi connectivity index (χ1) is 5.79. The molecule has 2 saturated heterocycles. The lowest BCUT2D eigenvalue weighted by atomic mass is 9.96. The fraction of sp³-hybridized carbons (Fsp3) is 1.00.